The fourth-order valence-electron chi connectivity index (χ4n) is 3.26. The molecule has 0 spiro atoms. The van der Waals surface area contributed by atoms with Crippen molar-refractivity contribution in [1.82, 2.24) is 10.3 Å². The first-order chi connectivity index (χ1) is 13.2. The monoisotopic (exact) mass is 367 g/mol. The molecule has 0 radical (unpaired) electrons. The molecule has 3 rings (SSSR count). The lowest BCUT2D eigenvalue weighted by molar-refractivity contribution is 0.0933. The molecule has 6 nitrogen and oxygen atoms in total. The number of benzene rings is 1. The van der Waals surface area contributed by atoms with Crippen molar-refractivity contribution in [2.75, 3.05) is 12.4 Å². The lowest BCUT2D eigenvalue weighted by atomic mass is 10.1. The molecule has 1 aliphatic carbocycles. The average Bonchev–Trinajstić information content (AvgIpc) is 2.97. The summed E-state index contributed by atoms with van der Waals surface area (Å²) in [6.07, 6.45) is 8.29. The Morgan fingerprint density at radius 1 is 1.00 bits per heavy atom. The number of pyridine rings is 1. The van der Waals surface area contributed by atoms with E-state index in [2.05, 4.69) is 15.6 Å². The maximum absolute atomic E-state index is 12.5. The number of carbonyl (C=O) groups is 2. The van der Waals surface area contributed by atoms with E-state index in [-0.39, 0.29) is 23.6 Å². The van der Waals surface area contributed by atoms with Crippen LogP contribution in [0, 0.1) is 0 Å². The summed E-state index contributed by atoms with van der Waals surface area (Å²) >= 11 is 0. The number of ether oxygens (including phenoxy) is 1. The second-order valence-corrected chi connectivity index (χ2v) is 6.77. The Morgan fingerprint density at radius 2 is 1.70 bits per heavy atom. The summed E-state index contributed by atoms with van der Waals surface area (Å²) in [6.45, 7) is 0. The van der Waals surface area contributed by atoms with Crippen molar-refractivity contribution >= 4 is 17.5 Å². The highest BCUT2D eigenvalue weighted by Gasteiger charge is 2.17. The zero-order chi connectivity index (χ0) is 19.1. The number of nitrogens with one attached hydrogen (secondary N) is 2. The average molecular weight is 367 g/mol. The minimum atomic E-state index is -0.357. The summed E-state index contributed by atoms with van der Waals surface area (Å²) in [7, 11) is 1.59. The van der Waals surface area contributed by atoms with Crippen LogP contribution in [-0.2, 0) is 0 Å². The van der Waals surface area contributed by atoms with Crippen LogP contribution in [0.2, 0.25) is 0 Å². The molecule has 1 aromatic heterocycles. The maximum atomic E-state index is 12.5. The van der Waals surface area contributed by atoms with Crippen molar-refractivity contribution in [3.63, 3.8) is 0 Å². The van der Waals surface area contributed by atoms with Crippen molar-refractivity contribution < 1.29 is 14.3 Å². The van der Waals surface area contributed by atoms with Crippen LogP contribution in [0.1, 0.15) is 59.4 Å². The van der Waals surface area contributed by atoms with Crippen LogP contribution in [0.4, 0.5) is 5.69 Å². The van der Waals surface area contributed by atoms with Gasteiger partial charge in [-0.25, -0.2) is 0 Å². The van der Waals surface area contributed by atoms with Crippen LogP contribution < -0.4 is 15.4 Å². The maximum Gasteiger partial charge on any atom is 0.274 e. The number of hydrogen-bond donors (Lipinski definition) is 2. The number of hydrogen-bond acceptors (Lipinski definition) is 4. The van der Waals surface area contributed by atoms with Gasteiger partial charge in [0.1, 0.15) is 11.4 Å². The highest BCUT2D eigenvalue weighted by atomic mass is 16.5. The zero-order valence-electron chi connectivity index (χ0n) is 15.5. The minimum absolute atomic E-state index is 0.150. The van der Waals surface area contributed by atoms with Gasteiger partial charge in [0.15, 0.2) is 0 Å². The molecule has 2 amide bonds. The molecule has 1 saturated carbocycles. The van der Waals surface area contributed by atoms with E-state index < -0.39 is 0 Å². The number of aromatic nitrogens is 1. The molecule has 0 bridgehead atoms. The molecule has 27 heavy (non-hydrogen) atoms. The number of carbonyl (C=O) groups excluding carboxylic acids is 2. The topological polar surface area (TPSA) is 80.3 Å². The Hall–Kier alpha value is -2.89. The molecule has 1 aromatic carbocycles. The predicted molar refractivity (Wildman–Crippen MR) is 104 cm³/mol. The van der Waals surface area contributed by atoms with Gasteiger partial charge < -0.3 is 15.4 Å². The van der Waals surface area contributed by atoms with E-state index in [1.54, 1.807) is 37.4 Å². The number of amides is 2. The molecule has 0 aliphatic heterocycles. The van der Waals surface area contributed by atoms with Crippen LogP contribution in [0.3, 0.4) is 0 Å². The van der Waals surface area contributed by atoms with Crippen LogP contribution in [0.25, 0.3) is 0 Å². The molecule has 0 atom stereocenters. The van der Waals surface area contributed by atoms with Crippen molar-refractivity contribution in [1.29, 1.82) is 0 Å². The summed E-state index contributed by atoms with van der Waals surface area (Å²) in [5.74, 6) is 0.204. The van der Waals surface area contributed by atoms with Gasteiger partial charge in [0.05, 0.1) is 7.11 Å². The summed E-state index contributed by atoms with van der Waals surface area (Å²) < 4.78 is 5.10. The fourth-order valence-corrected chi connectivity index (χ4v) is 3.26. The Labute approximate surface area is 159 Å². The number of anilines is 1. The zero-order valence-corrected chi connectivity index (χ0v) is 15.5. The number of nitrogens with zero attached hydrogens (tertiary/aromatic N) is 1. The van der Waals surface area contributed by atoms with Crippen molar-refractivity contribution in [2.24, 2.45) is 0 Å². The third-order valence-electron chi connectivity index (χ3n) is 4.79. The van der Waals surface area contributed by atoms with Crippen molar-refractivity contribution in [3.8, 4) is 5.75 Å². The highest BCUT2D eigenvalue weighted by Crippen LogP contribution is 2.18. The minimum Gasteiger partial charge on any atom is -0.497 e. The highest BCUT2D eigenvalue weighted by molar-refractivity contribution is 6.04. The Balaban J connectivity index is 1.64. The van der Waals surface area contributed by atoms with E-state index in [9.17, 15) is 9.59 Å². The first-order valence-electron chi connectivity index (χ1n) is 9.38. The van der Waals surface area contributed by atoms with Crippen LogP contribution in [0.15, 0.2) is 42.6 Å². The van der Waals surface area contributed by atoms with E-state index in [1.165, 1.54) is 25.1 Å². The second kappa shape index (κ2) is 9.16. The lowest BCUT2D eigenvalue weighted by Gasteiger charge is -2.16. The molecule has 1 aliphatic rings. The summed E-state index contributed by atoms with van der Waals surface area (Å²) in [5, 5.41) is 5.87. The molecule has 1 heterocycles. The molecule has 0 saturated heterocycles. The lowest BCUT2D eigenvalue weighted by Crippen LogP contribution is -2.34. The van der Waals surface area contributed by atoms with Gasteiger partial charge in [-0.1, -0.05) is 25.7 Å². The Kier molecular flexibility index (Phi) is 6.41. The quantitative estimate of drug-likeness (QED) is 0.788. The standard InChI is InChI=1S/C21H25N3O3/c1-27-18-10-8-17(9-11-18)24-21(26)19-14-15(12-13-22-19)20(25)23-16-6-4-2-3-5-7-16/h8-14,16H,2-7H2,1H3,(H,23,25)(H,24,26). The van der Waals surface area contributed by atoms with Crippen molar-refractivity contribution in [3.05, 3.63) is 53.9 Å². The van der Waals surface area contributed by atoms with E-state index in [4.69, 9.17) is 4.74 Å². The SMILES string of the molecule is COc1ccc(NC(=O)c2cc(C(=O)NC3CCCCCC3)ccn2)cc1. The number of rotatable bonds is 5. The Bertz CT molecular complexity index is 782. The van der Waals surface area contributed by atoms with E-state index in [0.717, 1.165) is 25.7 Å². The first-order valence-corrected chi connectivity index (χ1v) is 9.38. The van der Waals surface area contributed by atoms with E-state index in [0.29, 0.717) is 17.0 Å². The summed E-state index contributed by atoms with van der Waals surface area (Å²) in [4.78, 5) is 29.1. The third kappa shape index (κ3) is 5.29. The summed E-state index contributed by atoms with van der Waals surface area (Å²) in [6, 6.07) is 10.4. The fraction of sp³-hybridized carbons (Fsp3) is 0.381. The molecule has 2 N–H and O–H groups in total. The normalized spacial score (nSPS) is 14.9. The summed E-state index contributed by atoms with van der Waals surface area (Å²) in [5.41, 5.74) is 1.30. The van der Waals surface area contributed by atoms with Gasteiger partial charge in [-0.3, -0.25) is 14.6 Å². The van der Waals surface area contributed by atoms with Gasteiger partial charge >= 0.3 is 0 Å². The smallest absolute Gasteiger partial charge is 0.274 e. The van der Waals surface area contributed by atoms with Gasteiger partial charge in [0.25, 0.3) is 11.8 Å². The number of methoxy groups -OCH3 is 1. The second-order valence-electron chi connectivity index (χ2n) is 6.77. The van der Waals surface area contributed by atoms with Gasteiger partial charge in [-0.15, -0.1) is 0 Å². The molecule has 1 fully saturated rings. The van der Waals surface area contributed by atoms with E-state index in [1.807, 2.05) is 0 Å². The molecular formula is C21H25N3O3. The predicted octanol–water partition coefficient (Wildman–Crippen LogP) is 3.80. The van der Waals surface area contributed by atoms with Gasteiger partial charge in [0.2, 0.25) is 0 Å². The molecule has 6 heteroatoms. The van der Waals surface area contributed by atoms with Gasteiger partial charge in [0, 0.05) is 23.5 Å². The molecule has 2 aromatic rings. The first kappa shape index (κ1) is 18.9. The third-order valence-corrected chi connectivity index (χ3v) is 4.79. The molecular weight excluding hydrogens is 342 g/mol. The molecule has 142 valence electrons. The van der Waals surface area contributed by atoms with E-state index >= 15 is 0 Å². The molecule has 0 unspecified atom stereocenters. The van der Waals surface area contributed by atoms with Crippen LogP contribution in [-0.4, -0.2) is 29.9 Å². The van der Waals surface area contributed by atoms with Crippen LogP contribution >= 0.6 is 0 Å². The van der Waals surface area contributed by atoms with Crippen molar-refractivity contribution in [2.45, 2.75) is 44.6 Å². The van der Waals surface area contributed by atoms with Gasteiger partial charge in [-0.05, 0) is 49.2 Å². The van der Waals surface area contributed by atoms with Gasteiger partial charge in [-0.2, -0.15) is 0 Å². The largest absolute Gasteiger partial charge is 0.497 e. The van der Waals surface area contributed by atoms with Crippen LogP contribution in [0.5, 0.6) is 5.75 Å². The Morgan fingerprint density at radius 3 is 2.37 bits per heavy atom.